The lowest BCUT2D eigenvalue weighted by atomic mass is 10.0. The number of ether oxygens (including phenoxy) is 1. The largest absolute Gasteiger partial charge is 0.378 e. The maximum atomic E-state index is 11.7. The van der Waals surface area contributed by atoms with Gasteiger partial charge in [0, 0.05) is 19.2 Å². The predicted molar refractivity (Wildman–Crippen MR) is 55.1 cm³/mol. The standard InChI is InChI=1S/C10H20N2O2/c1-7(11-3)6-12-10(13)9-4-5-14-8(9)2/h7-9,11H,4-6H2,1-3H3,(H,12,13). The highest BCUT2D eigenvalue weighted by molar-refractivity contribution is 5.79. The zero-order valence-electron chi connectivity index (χ0n) is 9.17. The molecule has 1 heterocycles. The Morgan fingerprint density at radius 2 is 2.36 bits per heavy atom. The fraction of sp³-hybridized carbons (Fsp3) is 0.900. The fourth-order valence-electron chi connectivity index (χ4n) is 1.56. The molecule has 0 aliphatic carbocycles. The molecule has 3 unspecified atom stereocenters. The number of hydrogen-bond donors (Lipinski definition) is 2. The Morgan fingerprint density at radius 1 is 1.64 bits per heavy atom. The van der Waals surface area contributed by atoms with Crippen molar-refractivity contribution in [2.45, 2.75) is 32.4 Å². The van der Waals surface area contributed by atoms with Crippen LogP contribution in [-0.4, -0.2) is 38.3 Å². The molecule has 0 aromatic rings. The second-order valence-electron chi connectivity index (χ2n) is 3.91. The molecule has 0 aromatic heterocycles. The van der Waals surface area contributed by atoms with E-state index in [4.69, 9.17) is 4.74 Å². The number of nitrogens with one attached hydrogen (secondary N) is 2. The van der Waals surface area contributed by atoms with Gasteiger partial charge in [-0.3, -0.25) is 4.79 Å². The molecule has 0 bridgehead atoms. The average Bonchev–Trinajstić information content (AvgIpc) is 2.60. The quantitative estimate of drug-likeness (QED) is 0.678. The first kappa shape index (κ1) is 11.5. The van der Waals surface area contributed by atoms with E-state index in [0.29, 0.717) is 19.2 Å². The zero-order valence-corrected chi connectivity index (χ0v) is 9.17. The van der Waals surface area contributed by atoms with Crippen LogP contribution in [0.15, 0.2) is 0 Å². The summed E-state index contributed by atoms with van der Waals surface area (Å²) < 4.78 is 5.34. The van der Waals surface area contributed by atoms with Gasteiger partial charge in [0.05, 0.1) is 12.0 Å². The normalized spacial score (nSPS) is 28.8. The van der Waals surface area contributed by atoms with Crippen LogP contribution >= 0.6 is 0 Å². The molecular weight excluding hydrogens is 180 g/mol. The maximum Gasteiger partial charge on any atom is 0.225 e. The molecule has 0 saturated carbocycles. The summed E-state index contributed by atoms with van der Waals surface area (Å²) in [6, 6.07) is 0.316. The molecule has 14 heavy (non-hydrogen) atoms. The monoisotopic (exact) mass is 200 g/mol. The molecule has 0 aromatic carbocycles. The van der Waals surface area contributed by atoms with Gasteiger partial charge in [-0.25, -0.2) is 0 Å². The van der Waals surface area contributed by atoms with Gasteiger partial charge in [0.25, 0.3) is 0 Å². The van der Waals surface area contributed by atoms with E-state index in [1.807, 2.05) is 20.9 Å². The topological polar surface area (TPSA) is 50.4 Å². The molecule has 0 spiro atoms. The Kier molecular flexibility index (Phi) is 4.35. The molecule has 3 atom stereocenters. The number of carbonyl (C=O) groups is 1. The van der Waals surface area contributed by atoms with E-state index in [0.717, 1.165) is 6.42 Å². The molecule has 1 fully saturated rings. The Balaban J connectivity index is 2.27. The van der Waals surface area contributed by atoms with E-state index in [9.17, 15) is 4.79 Å². The number of amides is 1. The molecule has 1 aliphatic rings. The van der Waals surface area contributed by atoms with E-state index in [2.05, 4.69) is 10.6 Å². The highest BCUT2D eigenvalue weighted by Gasteiger charge is 2.30. The molecule has 1 aliphatic heterocycles. The van der Waals surface area contributed by atoms with Gasteiger partial charge in [-0.15, -0.1) is 0 Å². The molecule has 4 heteroatoms. The molecule has 0 radical (unpaired) electrons. The first-order valence-corrected chi connectivity index (χ1v) is 5.21. The van der Waals surface area contributed by atoms with Crippen LogP contribution in [0.25, 0.3) is 0 Å². The van der Waals surface area contributed by atoms with Crippen molar-refractivity contribution >= 4 is 5.91 Å². The summed E-state index contributed by atoms with van der Waals surface area (Å²) in [6.45, 7) is 5.38. The van der Waals surface area contributed by atoms with Crippen molar-refractivity contribution in [3.63, 3.8) is 0 Å². The summed E-state index contributed by atoms with van der Waals surface area (Å²) in [6.07, 6.45) is 0.917. The number of carbonyl (C=O) groups excluding carboxylic acids is 1. The number of hydrogen-bond acceptors (Lipinski definition) is 3. The summed E-state index contributed by atoms with van der Waals surface area (Å²) in [5.41, 5.74) is 0. The third-order valence-corrected chi connectivity index (χ3v) is 2.79. The van der Waals surface area contributed by atoms with Crippen molar-refractivity contribution in [2.75, 3.05) is 20.2 Å². The van der Waals surface area contributed by atoms with Crippen molar-refractivity contribution in [1.29, 1.82) is 0 Å². The van der Waals surface area contributed by atoms with Crippen LogP contribution in [0.3, 0.4) is 0 Å². The third-order valence-electron chi connectivity index (χ3n) is 2.79. The Morgan fingerprint density at radius 3 is 2.86 bits per heavy atom. The summed E-state index contributed by atoms with van der Waals surface area (Å²) >= 11 is 0. The van der Waals surface area contributed by atoms with E-state index in [1.54, 1.807) is 0 Å². The van der Waals surface area contributed by atoms with Crippen LogP contribution < -0.4 is 10.6 Å². The first-order valence-electron chi connectivity index (χ1n) is 5.21. The third kappa shape index (κ3) is 2.96. The van der Waals surface area contributed by atoms with Gasteiger partial charge < -0.3 is 15.4 Å². The molecular formula is C10H20N2O2. The van der Waals surface area contributed by atoms with Crippen molar-refractivity contribution in [2.24, 2.45) is 5.92 Å². The van der Waals surface area contributed by atoms with E-state index in [1.165, 1.54) is 0 Å². The maximum absolute atomic E-state index is 11.7. The predicted octanol–water partition coefficient (Wildman–Crippen LogP) is 0.136. The first-order chi connectivity index (χ1) is 6.65. The Bertz CT molecular complexity index is 197. The van der Waals surface area contributed by atoms with Crippen LogP contribution in [0.5, 0.6) is 0 Å². The van der Waals surface area contributed by atoms with Gasteiger partial charge in [0.1, 0.15) is 0 Å². The highest BCUT2D eigenvalue weighted by Crippen LogP contribution is 2.20. The molecule has 82 valence electrons. The molecule has 1 rings (SSSR count). The zero-order chi connectivity index (χ0) is 10.6. The Hall–Kier alpha value is -0.610. The molecule has 2 N–H and O–H groups in total. The van der Waals surface area contributed by atoms with E-state index in [-0.39, 0.29) is 17.9 Å². The van der Waals surface area contributed by atoms with Crippen molar-refractivity contribution in [1.82, 2.24) is 10.6 Å². The van der Waals surface area contributed by atoms with Gasteiger partial charge in [0.15, 0.2) is 0 Å². The van der Waals surface area contributed by atoms with Crippen LogP contribution in [0.4, 0.5) is 0 Å². The summed E-state index contributed by atoms with van der Waals surface area (Å²) in [5, 5.41) is 6.00. The van der Waals surface area contributed by atoms with Gasteiger partial charge in [-0.2, -0.15) is 0 Å². The van der Waals surface area contributed by atoms with Crippen LogP contribution in [0, 0.1) is 5.92 Å². The van der Waals surface area contributed by atoms with E-state index < -0.39 is 0 Å². The van der Waals surface area contributed by atoms with Crippen molar-refractivity contribution < 1.29 is 9.53 Å². The van der Waals surface area contributed by atoms with Crippen molar-refractivity contribution in [3.05, 3.63) is 0 Å². The average molecular weight is 200 g/mol. The van der Waals surface area contributed by atoms with Crippen molar-refractivity contribution in [3.8, 4) is 0 Å². The van der Waals surface area contributed by atoms with E-state index >= 15 is 0 Å². The second-order valence-corrected chi connectivity index (χ2v) is 3.91. The second kappa shape index (κ2) is 5.32. The SMILES string of the molecule is CNC(C)CNC(=O)C1CCOC1C. The number of rotatable bonds is 4. The molecule has 1 amide bonds. The minimum absolute atomic E-state index is 0.0408. The minimum Gasteiger partial charge on any atom is -0.378 e. The van der Waals surface area contributed by atoms with Gasteiger partial charge in [-0.1, -0.05) is 0 Å². The molecule has 4 nitrogen and oxygen atoms in total. The Labute approximate surface area is 85.4 Å². The van der Waals surface area contributed by atoms with Crippen LogP contribution in [0.2, 0.25) is 0 Å². The lowest BCUT2D eigenvalue weighted by molar-refractivity contribution is -0.126. The lowest BCUT2D eigenvalue weighted by Gasteiger charge is -2.16. The summed E-state index contributed by atoms with van der Waals surface area (Å²) in [7, 11) is 1.89. The molecule has 1 saturated heterocycles. The van der Waals surface area contributed by atoms with Crippen LogP contribution in [-0.2, 0) is 9.53 Å². The van der Waals surface area contributed by atoms with Gasteiger partial charge >= 0.3 is 0 Å². The fourth-order valence-corrected chi connectivity index (χ4v) is 1.56. The smallest absolute Gasteiger partial charge is 0.225 e. The van der Waals surface area contributed by atoms with Gasteiger partial charge in [0.2, 0.25) is 5.91 Å². The summed E-state index contributed by atoms with van der Waals surface area (Å²) in [5.74, 6) is 0.163. The van der Waals surface area contributed by atoms with Gasteiger partial charge in [-0.05, 0) is 27.3 Å². The number of likely N-dealkylation sites (N-methyl/N-ethyl adjacent to an activating group) is 1. The summed E-state index contributed by atoms with van der Waals surface area (Å²) in [4.78, 5) is 11.7. The van der Waals surface area contributed by atoms with Crippen LogP contribution in [0.1, 0.15) is 20.3 Å². The lowest BCUT2D eigenvalue weighted by Crippen LogP contribution is -2.41. The minimum atomic E-state index is 0.0408. The highest BCUT2D eigenvalue weighted by atomic mass is 16.5.